The summed E-state index contributed by atoms with van der Waals surface area (Å²) in [6.07, 6.45) is 0. The summed E-state index contributed by atoms with van der Waals surface area (Å²) in [5, 5.41) is 11.5. The highest BCUT2D eigenvalue weighted by Crippen LogP contribution is 2.26. The van der Waals surface area contributed by atoms with Crippen molar-refractivity contribution in [2.75, 3.05) is 18.1 Å². The SMILES string of the molecule is CCNC(=O)CSc1nnc(-c2ccc(C(C)(C)C)cc2)n1N. The Kier molecular flexibility index (Phi) is 5.30. The predicted octanol–water partition coefficient (Wildman–Crippen LogP) is 2.18. The standard InChI is InChI=1S/C16H23N5OS/c1-5-18-13(22)10-23-15-20-19-14(21(15)17)11-6-8-12(9-7-11)16(2,3)4/h6-9H,5,10,17H2,1-4H3,(H,18,22). The fraction of sp³-hybridized carbons (Fsp3) is 0.438. The Morgan fingerprint density at radius 1 is 1.26 bits per heavy atom. The van der Waals surface area contributed by atoms with Crippen LogP contribution in [0.2, 0.25) is 0 Å². The van der Waals surface area contributed by atoms with Crippen LogP contribution in [0.5, 0.6) is 0 Å². The number of carbonyl (C=O) groups excluding carboxylic acids is 1. The minimum Gasteiger partial charge on any atom is -0.356 e. The Hall–Kier alpha value is -2.02. The molecule has 6 nitrogen and oxygen atoms in total. The van der Waals surface area contributed by atoms with E-state index in [0.717, 1.165) is 5.56 Å². The molecule has 23 heavy (non-hydrogen) atoms. The molecule has 0 aliphatic carbocycles. The van der Waals surface area contributed by atoms with Gasteiger partial charge in [0.15, 0.2) is 5.82 Å². The lowest BCUT2D eigenvalue weighted by Gasteiger charge is -2.19. The Morgan fingerprint density at radius 2 is 1.91 bits per heavy atom. The smallest absolute Gasteiger partial charge is 0.230 e. The first-order valence-electron chi connectivity index (χ1n) is 7.54. The molecule has 2 rings (SSSR count). The first-order valence-corrected chi connectivity index (χ1v) is 8.52. The maximum atomic E-state index is 11.5. The van der Waals surface area contributed by atoms with E-state index in [2.05, 4.69) is 48.4 Å². The number of amides is 1. The Balaban J connectivity index is 2.14. The molecule has 0 saturated carbocycles. The highest BCUT2D eigenvalue weighted by molar-refractivity contribution is 7.99. The molecule has 1 aromatic heterocycles. The molecule has 0 aliphatic heterocycles. The first kappa shape index (κ1) is 17.3. The van der Waals surface area contributed by atoms with Gasteiger partial charge < -0.3 is 11.2 Å². The zero-order chi connectivity index (χ0) is 17.0. The summed E-state index contributed by atoms with van der Waals surface area (Å²) in [4.78, 5) is 11.5. The number of thioether (sulfide) groups is 1. The minimum atomic E-state index is -0.0448. The number of nitrogen functional groups attached to an aromatic ring is 1. The number of aromatic nitrogens is 3. The third kappa shape index (κ3) is 4.25. The second-order valence-electron chi connectivity index (χ2n) is 6.25. The summed E-state index contributed by atoms with van der Waals surface area (Å²) in [6, 6.07) is 8.13. The van der Waals surface area contributed by atoms with Crippen LogP contribution in [0, 0.1) is 0 Å². The van der Waals surface area contributed by atoms with Crippen LogP contribution in [-0.4, -0.2) is 33.1 Å². The van der Waals surface area contributed by atoms with Crippen molar-refractivity contribution in [2.45, 2.75) is 38.3 Å². The topological polar surface area (TPSA) is 85.8 Å². The average Bonchev–Trinajstić information content (AvgIpc) is 2.86. The highest BCUT2D eigenvalue weighted by atomic mass is 32.2. The van der Waals surface area contributed by atoms with Crippen molar-refractivity contribution in [3.05, 3.63) is 29.8 Å². The average molecular weight is 333 g/mol. The summed E-state index contributed by atoms with van der Waals surface area (Å²) in [7, 11) is 0. The first-order chi connectivity index (χ1) is 10.8. The Labute approximate surface area is 140 Å². The van der Waals surface area contributed by atoms with E-state index in [4.69, 9.17) is 5.84 Å². The monoisotopic (exact) mass is 333 g/mol. The van der Waals surface area contributed by atoms with E-state index in [1.165, 1.54) is 22.0 Å². The van der Waals surface area contributed by atoms with E-state index < -0.39 is 0 Å². The number of hydrogen-bond donors (Lipinski definition) is 2. The maximum absolute atomic E-state index is 11.5. The van der Waals surface area contributed by atoms with Crippen LogP contribution in [0.4, 0.5) is 0 Å². The van der Waals surface area contributed by atoms with E-state index in [1.807, 2.05) is 19.1 Å². The van der Waals surface area contributed by atoms with Gasteiger partial charge in [0.1, 0.15) is 0 Å². The van der Waals surface area contributed by atoms with Gasteiger partial charge in [-0.2, -0.15) is 0 Å². The van der Waals surface area contributed by atoms with Crippen LogP contribution in [0.1, 0.15) is 33.3 Å². The molecule has 1 aromatic carbocycles. The second-order valence-corrected chi connectivity index (χ2v) is 7.19. The van der Waals surface area contributed by atoms with Gasteiger partial charge in [-0.1, -0.05) is 56.8 Å². The zero-order valence-electron chi connectivity index (χ0n) is 14.0. The van der Waals surface area contributed by atoms with Gasteiger partial charge in [0.2, 0.25) is 11.1 Å². The summed E-state index contributed by atoms with van der Waals surface area (Å²) in [5.74, 6) is 6.87. The quantitative estimate of drug-likeness (QED) is 0.647. The lowest BCUT2D eigenvalue weighted by molar-refractivity contribution is -0.118. The van der Waals surface area contributed by atoms with Gasteiger partial charge in [-0.05, 0) is 17.9 Å². The molecule has 1 amide bonds. The Bertz CT molecular complexity index is 673. The Morgan fingerprint density at radius 3 is 2.48 bits per heavy atom. The van der Waals surface area contributed by atoms with Crippen molar-refractivity contribution in [3.8, 4) is 11.4 Å². The van der Waals surface area contributed by atoms with Crippen molar-refractivity contribution in [3.63, 3.8) is 0 Å². The van der Waals surface area contributed by atoms with Crippen molar-refractivity contribution in [1.82, 2.24) is 20.2 Å². The van der Waals surface area contributed by atoms with E-state index in [0.29, 0.717) is 17.5 Å². The van der Waals surface area contributed by atoms with Crippen molar-refractivity contribution < 1.29 is 4.79 Å². The molecule has 2 aromatic rings. The van der Waals surface area contributed by atoms with Crippen LogP contribution in [0.15, 0.2) is 29.4 Å². The number of rotatable bonds is 5. The fourth-order valence-electron chi connectivity index (χ4n) is 2.07. The molecule has 1 heterocycles. The molecule has 3 N–H and O–H groups in total. The van der Waals surface area contributed by atoms with E-state index in [1.54, 1.807) is 0 Å². The van der Waals surface area contributed by atoms with E-state index in [-0.39, 0.29) is 17.1 Å². The summed E-state index contributed by atoms with van der Waals surface area (Å²) in [6.45, 7) is 9.00. The van der Waals surface area contributed by atoms with E-state index in [9.17, 15) is 4.79 Å². The number of benzene rings is 1. The largest absolute Gasteiger partial charge is 0.356 e. The molecular weight excluding hydrogens is 310 g/mol. The summed E-state index contributed by atoms with van der Waals surface area (Å²) in [5.41, 5.74) is 2.25. The zero-order valence-corrected chi connectivity index (χ0v) is 14.8. The molecule has 124 valence electrons. The molecule has 0 aliphatic rings. The molecule has 0 bridgehead atoms. The molecule has 0 saturated heterocycles. The number of hydrogen-bond acceptors (Lipinski definition) is 5. The third-order valence-corrected chi connectivity index (χ3v) is 4.32. The molecule has 0 radical (unpaired) electrons. The normalized spacial score (nSPS) is 11.5. The number of nitrogens with one attached hydrogen (secondary N) is 1. The summed E-state index contributed by atoms with van der Waals surface area (Å²) >= 11 is 1.27. The molecule has 7 heteroatoms. The minimum absolute atomic E-state index is 0.0448. The van der Waals surface area contributed by atoms with E-state index >= 15 is 0 Å². The van der Waals surface area contributed by atoms with Crippen LogP contribution in [0.3, 0.4) is 0 Å². The third-order valence-electron chi connectivity index (χ3n) is 3.38. The van der Waals surface area contributed by atoms with Gasteiger partial charge >= 0.3 is 0 Å². The van der Waals surface area contributed by atoms with Crippen molar-refractivity contribution in [2.24, 2.45) is 0 Å². The van der Waals surface area contributed by atoms with Gasteiger partial charge in [-0.15, -0.1) is 10.2 Å². The number of nitrogens with two attached hydrogens (primary N) is 1. The van der Waals surface area contributed by atoms with Gasteiger partial charge in [0.05, 0.1) is 5.75 Å². The lowest BCUT2D eigenvalue weighted by atomic mass is 9.87. The maximum Gasteiger partial charge on any atom is 0.230 e. The molecular formula is C16H23N5OS. The second kappa shape index (κ2) is 7.04. The number of carbonyl (C=O) groups is 1. The van der Waals surface area contributed by atoms with Crippen LogP contribution >= 0.6 is 11.8 Å². The van der Waals surface area contributed by atoms with Gasteiger partial charge in [0, 0.05) is 12.1 Å². The highest BCUT2D eigenvalue weighted by Gasteiger charge is 2.16. The van der Waals surface area contributed by atoms with Gasteiger partial charge in [0.25, 0.3) is 0 Å². The fourth-order valence-corrected chi connectivity index (χ4v) is 2.76. The predicted molar refractivity (Wildman–Crippen MR) is 93.7 cm³/mol. The van der Waals surface area contributed by atoms with Crippen LogP contribution < -0.4 is 11.2 Å². The molecule has 0 atom stereocenters. The van der Waals surface area contributed by atoms with Gasteiger partial charge in [-0.25, -0.2) is 4.68 Å². The number of nitrogens with zero attached hydrogens (tertiary/aromatic N) is 3. The molecule has 0 spiro atoms. The van der Waals surface area contributed by atoms with Crippen molar-refractivity contribution in [1.29, 1.82) is 0 Å². The molecule has 0 fully saturated rings. The van der Waals surface area contributed by atoms with Crippen LogP contribution in [-0.2, 0) is 10.2 Å². The summed E-state index contributed by atoms with van der Waals surface area (Å²) < 4.78 is 1.43. The van der Waals surface area contributed by atoms with Crippen LogP contribution in [0.25, 0.3) is 11.4 Å². The molecule has 0 unspecified atom stereocenters. The van der Waals surface area contributed by atoms with Crippen molar-refractivity contribution >= 4 is 17.7 Å². The lowest BCUT2D eigenvalue weighted by Crippen LogP contribution is -2.24. The van der Waals surface area contributed by atoms with Gasteiger partial charge in [-0.3, -0.25) is 4.79 Å².